The first-order valence-corrected chi connectivity index (χ1v) is 5.78. The van der Waals surface area contributed by atoms with Crippen molar-refractivity contribution in [1.82, 2.24) is 5.32 Å². The maximum Gasteiger partial charge on any atom is 0.308 e. The Morgan fingerprint density at radius 1 is 1.17 bits per heavy atom. The van der Waals surface area contributed by atoms with Crippen LogP contribution in [0.1, 0.15) is 25.8 Å². The molecule has 5 nitrogen and oxygen atoms in total. The fraction of sp³-hybridized carbons (Fsp3) is 0.385. The van der Waals surface area contributed by atoms with E-state index in [-0.39, 0.29) is 5.75 Å². The van der Waals surface area contributed by atoms with Gasteiger partial charge in [-0.25, -0.2) is 0 Å². The van der Waals surface area contributed by atoms with Gasteiger partial charge in [-0.2, -0.15) is 0 Å². The zero-order valence-corrected chi connectivity index (χ0v) is 10.4. The van der Waals surface area contributed by atoms with E-state index >= 15 is 0 Å². The highest BCUT2D eigenvalue weighted by atomic mass is 16.6. The van der Waals surface area contributed by atoms with Crippen LogP contribution in [0.2, 0.25) is 0 Å². The second-order valence-electron chi connectivity index (χ2n) is 4.06. The van der Waals surface area contributed by atoms with Crippen molar-refractivity contribution in [3.8, 4) is 11.5 Å². The standard InChI is InChI=1S/C13H14NO4/c1-8(15)17-12-6-5-11-10(4-3-7-14-11)13(12)18-9(2)16/h5-6H,3-4,7H2,1-2H3. The van der Waals surface area contributed by atoms with Crippen LogP contribution in [0.15, 0.2) is 12.1 Å². The summed E-state index contributed by atoms with van der Waals surface area (Å²) in [7, 11) is 0. The summed E-state index contributed by atoms with van der Waals surface area (Å²) in [6, 6.07) is 3.38. The summed E-state index contributed by atoms with van der Waals surface area (Å²) >= 11 is 0. The van der Waals surface area contributed by atoms with E-state index in [9.17, 15) is 9.59 Å². The predicted octanol–water partition coefficient (Wildman–Crippen LogP) is 1.72. The van der Waals surface area contributed by atoms with Gasteiger partial charge in [0.15, 0.2) is 11.5 Å². The van der Waals surface area contributed by atoms with Gasteiger partial charge in [-0.15, -0.1) is 0 Å². The highest BCUT2D eigenvalue weighted by molar-refractivity contribution is 5.76. The minimum Gasteiger partial charge on any atom is -0.423 e. The van der Waals surface area contributed by atoms with Gasteiger partial charge in [-0.3, -0.25) is 14.9 Å². The summed E-state index contributed by atoms with van der Waals surface area (Å²) in [6.45, 7) is 3.39. The molecule has 0 atom stereocenters. The molecule has 1 aliphatic heterocycles. The van der Waals surface area contributed by atoms with Crippen molar-refractivity contribution in [1.29, 1.82) is 0 Å². The van der Waals surface area contributed by atoms with E-state index in [1.54, 1.807) is 12.1 Å². The molecule has 0 aromatic heterocycles. The van der Waals surface area contributed by atoms with Crippen LogP contribution in [0, 0.1) is 0 Å². The van der Waals surface area contributed by atoms with E-state index in [2.05, 4.69) is 5.32 Å². The molecule has 1 radical (unpaired) electrons. The molecule has 1 heterocycles. The highest BCUT2D eigenvalue weighted by Crippen LogP contribution is 2.39. The van der Waals surface area contributed by atoms with Crippen molar-refractivity contribution in [3.05, 3.63) is 17.7 Å². The van der Waals surface area contributed by atoms with Crippen LogP contribution < -0.4 is 14.8 Å². The van der Waals surface area contributed by atoms with Crippen LogP contribution in [-0.4, -0.2) is 18.5 Å². The van der Waals surface area contributed by atoms with Crippen molar-refractivity contribution < 1.29 is 19.1 Å². The van der Waals surface area contributed by atoms with Gasteiger partial charge in [0.2, 0.25) is 0 Å². The van der Waals surface area contributed by atoms with E-state index in [1.165, 1.54) is 13.8 Å². The molecule has 0 bridgehead atoms. The van der Waals surface area contributed by atoms with Crippen LogP contribution in [0.3, 0.4) is 0 Å². The third kappa shape index (κ3) is 2.61. The number of rotatable bonds is 2. The van der Waals surface area contributed by atoms with Gasteiger partial charge in [0.1, 0.15) is 0 Å². The lowest BCUT2D eigenvalue weighted by Gasteiger charge is -2.20. The number of hydrogen-bond donors (Lipinski definition) is 0. The SMILES string of the molecule is CC(=O)Oc1ccc2c(c1OC(C)=O)CCC[N]2. The molecule has 95 valence electrons. The number of ether oxygens (including phenoxy) is 2. The zero-order valence-electron chi connectivity index (χ0n) is 10.4. The molecule has 2 rings (SSSR count). The molecule has 1 aromatic rings. The van der Waals surface area contributed by atoms with Crippen LogP contribution in [0.4, 0.5) is 5.69 Å². The Hall–Kier alpha value is -2.04. The summed E-state index contributed by atoms with van der Waals surface area (Å²) < 4.78 is 10.2. The Balaban J connectivity index is 2.45. The lowest BCUT2D eigenvalue weighted by atomic mass is 10.0. The topological polar surface area (TPSA) is 66.7 Å². The van der Waals surface area contributed by atoms with E-state index in [0.29, 0.717) is 5.75 Å². The molecule has 5 heteroatoms. The Kier molecular flexibility index (Phi) is 3.50. The van der Waals surface area contributed by atoms with Crippen molar-refractivity contribution >= 4 is 17.6 Å². The predicted molar refractivity (Wildman–Crippen MR) is 64.0 cm³/mol. The number of nitrogens with zero attached hydrogens (tertiary/aromatic N) is 1. The Bertz CT molecular complexity index is 496. The molecule has 18 heavy (non-hydrogen) atoms. The number of fused-ring (bicyclic) bond motifs is 1. The van der Waals surface area contributed by atoms with E-state index in [1.807, 2.05) is 0 Å². The zero-order chi connectivity index (χ0) is 13.1. The van der Waals surface area contributed by atoms with E-state index in [4.69, 9.17) is 9.47 Å². The summed E-state index contributed by atoms with van der Waals surface area (Å²) in [6.07, 6.45) is 1.65. The summed E-state index contributed by atoms with van der Waals surface area (Å²) in [5.41, 5.74) is 1.63. The third-order valence-electron chi connectivity index (χ3n) is 2.57. The molecule has 1 aromatic carbocycles. The molecule has 0 saturated heterocycles. The normalized spacial score (nSPS) is 13.2. The molecule has 1 aliphatic rings. The lowest BCUT2D eigenvalue weighted by molar-refractivity contribution is -0.134. The largest absolute Gasteiger partial charge is 0.423 e. The second-order valence-corrected chi connectivity index (χ2v) is 4.06. The first-order valence-electron chi connectivity index (χ1n) is 5.78. The molecule has 0 amide bonds. The van der Waals surface area contributed by atoms with Crippen LogP contribution >= 0.6 is 0 Å². The first kappa shape index (κ1) is 12.4. The van der Waals surface area contributed by atoms with Crippen molar-refractivity contribution in [2.75, 3.05) is 6.54 Å². The Morgan fingerprint density at radius 3 is 2.56 bits per heavy atom. The number of carbonyl (C=O) groups is 2. The summed E-state index contributed by atoms with van der Waals surface area (Å²) in [4.78, 5) is 22.2. The average molecular weight is 248 g/mol. The van der Waals surface area contributed by atoms with Crippen molar-refractivity contribution in [2.24, 2.45) is 0 Å². The fourth-order valence-corrected chi connectivity index (χ4v) is 1.93. The minimum absolute atomic E-state index is 0.272. The van der Waals surface area contributed by atoms with Gasteiger partial charge in [0, 0.05) is 26.0 Å². The Labute approximate surface area is 105 Å². The first-order chi connectivity index (χ1) is 8.58. The van der Waals surface area contributed by atoms with Crippen molar-refractivity contribution in [3.63, 3.8) is 0 Å². The quantitative estimate of drug-likeness (QED) is 0.590. The summed E-state index contributed by atoms with van der Waals surface area (Å²) in [5, 5.41) is 4.35. The monoisotopic (exact) mass is 248 g/mol. The maximum atomic E-state index is 11.1. The van der Waals surface area contributed by atoms with Crippen LogP contribution in [0.5, 0.6) is 11.5 Å². The highest BCUT2D eigenvalue weighted by Gasteiger charge is 2.21. The van der Waals surface area contributed by atoms with Gasteiger partial charge in [0.25, 0.3) is 0 Å². The molecular weight excluding hydrogens is 234 g/mol. The van der Waals surface area contributed by atoms with Gasteiger partial charge in [0.05, 0.1) is 5.69 Å². The molecule has 0 unspecified atom stereocenters. The molecule has 0 spiro atoms. The second kappa shape index (κ2) is 5.08. The van der Waals surface area contributed by atoms with Gasteiger partial charge in [-0.05, 0) is 25.0 Å². The molecule has 0 fully saturated rings. The average Bonchev–Trinajstić information content (AvgIpc) is 2.31. The van der Waals surface area contributed by atoms with Gasteiger partial charge < -0.3 is 9.47 Å². The number of hydrogen-bond acceptors (Lipinski definition) is 4. The number of carbonyl (C=O) groups excluding carboxylic acids is 2. The molecular formula is C13H14NO4. The third-order valence-corrected chi connectivity index (χ3v) is 2.57. The summed E-state index contributed by atoms with van der Waals surface area (Å²) in [5.74, 6) is -0.300. The Morgan fingerprint density at radius 2 is 1.89 bits per heavy atom. The lowest BCUT2D eigenvalue weighted by Crippen LogP contribution is -2.15. The molecule has 0 saturated carbocycles. The minimum atomic E-state index is -0.448. The number of esters is 2. The van der Waals surface area contributed by atoms with Crippen LogP contribution in [-0.2, 0) is 16.0 Å². The van der Waals surface area contributed by atoms with Crippen molar-refractivity contribution in [2.45, 2.75) is 26.7 Å². The van der Waals surface area contributed by atoms with Crippen LogP contribution in [0.25, 0.3) is 0 Å². The van der Waals surface area contributed by atoms with Gasteiger partial charge in [-0.1, -0.05) is 0 Å². The fourth-order valence-electron chi connectivity index (χ4n) is 1.93. The van der Waals surface area contributed by atoms with Gasteiger partial charge >= 0.3 is 11.9 Å². The molecule has 0 N–H and O–H groups in total. The maximum absolute atomic E-state index is 11.1. The molecule has 0 aliphatic carbocycles. The number of benzene rings is 1. The smallest absolute Gasteiger partial charge is 0.308 e. The van der Waals surface area contributed by atoms with E-state index in [0.717, 1.165) is 30.6 Å². The van der Waals surface area contributed by atoms with E-state index < -0.39 is 11.9 Å².